The first-order valence-electron chi connectivity index (χ1n) is 8.55. The molecule has 1 aliphatic heterocycles. The summed E-state index contributed by atoms with van der Waals surface area (Å²) >= 11 is 0. The minimum Gasteiger partial charge on any atom is -0.248 e. The van der Waals surface area contributed by atoms with Crippen LogP contribution in [0.1, 0.15) is 42.5 Å². The average molecular weight is 346 g/mol. The zero-order valence-corrected chi connectivity index (χ0v) is 14.4. The third-order valence-electron chi connectivity index (χ3n) is 4.91. The lowest BCUT2D eigenvalue weighted by molar-refractivity contribution is 0.428. The maximum absolute atomic E-state index is 12.6. The van der Waals surface area contributed by atoms with Gasteiger partial charge in [-0.2, -0.15) is 4.31 Å². The normalized spacial score (nSPS) is 22.1. The number of sulfonamides is 1. The Hall–Kier alpha value is -1.73. The van der Waals surface area contributed by atoms with Crippen LogP contribution in [0.25, 0.3) is 0 Å². The first-order valence-corrected chi connectivity index (χ1v) is 10.2. The van der Waals surface area contributed by atoms with E-state index in [0.29, 0.717) is 25.4 Å². The number of benzene rings is 1. The van der Waals surface area contributed by atoms with Crippen LogP contribution in [0.15, 0.2) is 36.5 Å². The number of hydrogen-bond donors (Lipinski definition) is 0. The molecular formula is C17H22N4O2S. The number of hydrogen-bond acceptors (Lipinski definition) is 4. The van der Waals surface area contributed by atoms with Crippen LogP contribution < -0.4 is 0 Å². The van der Waals surface area contributed by atoms with Crippen molar-refractivity contribution in [3.8, 4) is 0 Å². The molecule has 1 aromatic carbocycles. The van der Waals surface area contributed by atoms with E-state index < -0.39 is 10.0 Å². The lowest BCUT2D eigenvalue weighted by atomic mass is 10.2. The molecule has 0 amide bonds. The van der Waals surface area contributed by atoms with Crippen molar-refractivity contribution in [1.82, 2.24) is 19.3 Å². The number of aryl methyl sites for hydroxylation is 1. The second kappa shape index (κ2) is 6.29. The highest BCUT2D eigenvalue weighted by molar-refractivity contribution is 7.89. The van der Waals surface area contributed by atoms with Gasteiger partial charge in [0, 0.05) is 25.2 Å². The molecule has 7 heteroatoms. The van der Waals surface area contributed by atoms with E-state index in [1.165, 1.54) is 12.8 Å². The molecule has 2 aliphatic rings. The van der Waals surface area contributed by atoms with Gasteiger partial charge in [-0.05, 0) is 31.2 Å². The first kappa shape index (κ1) is 15.8. The predicted octanol–water partition coefficient (Wildman–Crippen LogP) is 1.97. The minimum absolute atomic E-state index is 0.108. The van der Waals surface area contributed by atoms with Gasteiger partial charge in [0.2, 0.25) is 10.0 Å². The van der Waals surface area contributed by atoms with Crippen molar-refractivity contribution >= 4 is 10.0 Å². The van der Waals surface area contributed by atoms with E-state index in [4.69, 9.17) is 0 Å². The highest BCUT2D eigenvalue weighted by Gasteiger charge is 2.33. The van der Waals surface area contributed by atoms with Gasteiger partial charge in [0.15, 0.2) is 0 Å². The average Bonchev–Trinajstić information content (AvgIpc) is 3.12. The molecule has 1 aliphatic carbocycles. The van der Waals surface area contributed by atoms with Gasteiger partial charge in [0.1, 0.15) is 0 Å². The topological polar surface area (TPSA) is 68.1 Å². The summed E-state index contributed by atoms with van der Waals surface area (Å²) in [6.45, 7) is 1.07. The van der Waals surface area contributed by atoms with E-state index in [-0.39, 0.29) is 11.8 Å². The first-order chi connectivity index (χ1) is 11.6. The molecule has 1 saturated heterocycles. The van der Waals surface area contributed by atoms with Crippen molar-refractivity contribution in [1.29, 1.82) is 0 Å². The van der Waals surface area contributed by atoms with Crippen LogP contribution in [0.3, 0.4) is 0 Å². The Kier molecular flexibility index (Phi) is 4.14. The summed E-state index contributed by atoms with van der Waals surface area (Å²) in [5, 5.41) is 8.45. The van der Waals surface area contributed by atoms with Crippen molar-refractivity contribution in [3.63, 3.8) is 0 Å². The van der Waals surface area contributed by atoms with Crippen molar-refractivity contribution in [3.05, 3.63) is 47.8 Å². The molecule has 128 valence electrons. The Balaban J connectivity index is 1.37. The fourth-order valence-electron chi connectivity index (χ4n) is 3.23. The van der Waals surface area contributed by atoms with Crippen LogP contribution in [0.4, 0.5) is 0 Å². The van der Waals surface area contributed by atoms with Crippen molar-refractivity contribution < 1.29 is 8.42 Å². The van der Waals surface area contributed by atoms with Gasteiger partial charge >= 0.3 is 0 Å². The van der Waals surface area contributed by atoms with Crippen LogP contribution >= 0.6 is 0 Å². The van der Waals surface area contributed by atoms with Gasteiger partial charge < -0.3 is 0 Å². The highest BCUT2D eigenvalue weighted by Crippen LogP contribution is 2.39. The van der Waals surface area contributed by atoms with Gasteiger partial charge in [-0.25, -0.2) is 13.1 Å². The molecule has 4 rings (SSSR count). The largest absolute Gasteiger partial charge is 0.248 e. The van der Waals surface area contributed by atoms with Crippen LogP contribution in [0, 0.1) is 0 Å². The second-order valence-corrected chi connectivity index (χ2v) is 8.84. The Morgan fingerprint density at radius 3 is 2.67 bits per heavy atom. The van der Waals surface area contributed by atoms with E-state index in [9.17, 15) is 8.42 Å². The summed E-state index contributed by atoms with van der Waals surface area (Å²) in [7, 11) is -3.22. The molecule has 0 radical (unpaired) electrons. The van der Waals surface area contributed by atoms with E-state index >= 15 is 0 Å². The van der Waals surface area contributed by atoms with E-state index in [1.54, 1.807) is 4.31 Å². The molecule has 0 bridgehead atoms. The Bertz CT molecular complexity index is 799. The fraction of sp³-hybridized carbons (Fsp3) is 0.529. The lowest BCUT2D eigenvalue weighted by Gasteiger charge is -2.16. The summed E-state index contributed by atoms with van der Waals surface area (Å²) in [6.07, 6.45) is 5.76. The summed E-state index contributed by atoms with van der Waals surface area (Å²) in [4.78, 5) is 0. The molecule has 1 atom stereocenters. The smallest absolute Gasteiger partial charge is 0.214 e. The fourth-order valence-corrected chi connectivity index (χ4v) is 4.77. The molecule has 2 aromatic rings. The summed E-state index contributed by atoms with van der Waals surface area (Å²) < 4.78 is 28.6. The van der Waals surface area contributed by atoms with Gasteiger partial charge in [-0.3, -0.25) is 0 Å². The molecule has 0 N–H and O–H groups in total. The lowest BCUT2D eigenvalue weighted by Crippen LogP contribution is -2.32. The zero-order chi connectivity index (χ0) is 16.6. The van der Waals surface area contributed by atoms with E-state index in [0.717, 1.165) is 17.7 Å². The number of aromatic nitrogens is 3. The molecular weight excluding hydrogens is 324 g/mol. The Morgan fingerprint density at radius 1 is 1.12 bits per heavy atom. The van der Waals surface area contributed by atoms with E-state index in [2.05, 4.69) is 10.3 Å². The maximum Gasteiger partial charge on any atom is 0.214 e. The van der Waals surface area contributed by atoms with Crippen molar-refractivity contribution in [2.24, 2.45) is 0 Å². The third kappa shape index (κ3) is 3.37. The van der Waals surface area contributed by atoms with Gasteiger partial charge in [-0.1, -0.05) is 35.5 Å². The predicted molar refractivity (Wildman–Crippen MR) is 91.2 cm³/mol. The third-order valence-corrected chi connectivity index (χ3v) is 6.75. The zero-order valence-electron chi connectivity index (χ0n) is 13.6. The van der Waals surface area contributed by atoms with Crippen molar-refractivity contribution in [2.75, 3.05) is 18.8 Å². The van der Waals surface area contributed by atoms with Crippen molar-refractivity contribution in [2.45, 2.75) is 37.6 Å². The summed E-state index contributed by atoms with van der Waals surface area (Å²) in [6, 6.07) is 9.87. The molecule has 2 fully saturated rings. The van der Waals surface area contributed by atoms with Gasteiger partial charge in [0.25, 0.3) is 0 Å². The molecule has 2 heterocycles. The maximum atomic E-state index is 12.6. The molecule has 6 nitrogen and oxygen atoms in total. The Labute approximate surface area is 142 Å². The molecule has 1 aromatic heterocycles. The SMILES string of the molecule is O=S(=O)(CCc1ccccc1)N1CCC(n2cc(C3CC3)nn2)C1. The number of rotatable bonds is 6. The van der Waals surface area contributed by atoms with Crippen LogP contribution in [-0.2, 0) is 16.4 Å². The minimum atomic E-state index is -3.22. The quantitative estimate of drug-likeness (QED) is 0.802. The van der Waals surface area contributed by atoms with Crippen LogP contribution in [-0.4, -0.2) is 46.6 Å². The van der Waals surface area contributed by atoms with E-state index in [1.807, 2.05) is 41.2 Å². The van der Waals surface area contributed by atoms with Crippen LogP contribution in [0.5, 0.6) is 0 Å². The highest BCUT2D eigenvalue weighted by atomic mass is 32.2. The van der Waals surface area contributed by atoms with Crippen LogP contribution in [0.2, 0.25) is 0 Å². The molecule has 1 unspecified atom stereocenters. The standard InChI is InChI=1S/C17H22N4O2S/c22-24(23,11-9-14-4-2-1-3-5-14)20-10-8-16(12-20)21-13-17(18-19-21)15-6-7-15/h1-5,13,15-16H,6-12H2. The summed E-state index contributed by atoms with van der Waals surface area (Å²) in [5.41, 5.74) is 2.11. The van der Waals surface area contributed by atoms with Gasteiger partial charge in [-0.15, -0.1) is 5.10 Å². The monoisotopic (exact) mass is 346 g/mol. The number of nitrogens with zero attached hydrogens (tertiary/aromatic N) is 4. The van der Waals surface area contributed by atoms with Gasteiger partial charge in [0.05, 0.1) is 17.5 Å². The molecule has 24 heavy (non-hydrogen) atoms. The molecule has 1 saturated carbocycles. The molecule has 0 spiro atoms. The Morgan fingerprint density at radius 2 is 1.92 bits per heavy atom. The second-order valence-electron chi connectivity index (χ2n) is 6.75. The summed E-state index contributed by atoms with van der Waals surface area (Å²) in [5.74, 6) is 0.736.